The molecular weight excluding hydrogens is 513 g/mol. The summed E-state index contributed by atoms with van der Waals surface area (Å²) < 4.78 is 61.8. The summed E-state index contributed by atoms with van der Waals surface area (Å²) in [6.07, 6.45) is -0.762. The van der Waals surface area contributed by atoms with Crippen LogP contribution < -0.4 is 14.8 Å². The summed E-state index contributed by atoms with van der Waals surface area (Å²) in [5.41, 5.74) is 0.573. The monoisotopic (exact) mass is 530 g/mol. The largest absolute Gasteiger partial charge is 0.435 e. The number of halogens is 5. The van der Waals surface area contributed by atoms with Crippen molar-refractivity contribution in [1.29, 1.82) is 0 Å². The first-order valence-electron chi connectivity index (χ1n) is 9.06. The van der Waals surface area contributed by atoms with E-state index in [1.54, 1.807) is 18.2 Å². The predicted octanol–water partition coefficient (Wildman–Crippen LogP) is 3.80. The Hall–Kier alpha value is -1.69. The lowest BCUT2D eigenvalue weighted by molar-refractivity contribution is -0.127. The number of hydrogen-bond donors (Lipinski definition) is 2. The Morgan fingerprint density at radius 1 is 1.16 bits per heavy atom. The second kappa shape index (κ2) is 11.4. The van der Waals surface area contributed by atoms with Gasteiger partial charge in [0.1, 0.15) is 5.75 Å². The molecule has 0 spiro atoms. The normalized spacial score (nSPS) is 19.0. The third-order valence-electron chi connectivity index (χ3n) is 4.51. The summed E-state index contributed by atoms with van der Waals surface area (Å²) in [4.78, 5) is 12.6. The molecule has 1 fully saturated rings. The van der Waals surface area contributed by atoms with Gasteiger partial charge in [-0.25, -0.2) is 13.1 Å². The third-order valence-corrected chi connectivity index (χ3v) is 6.61. The molecule has 1 heterocycles. The lowest BCUT2D eigenvalue weighted by Gasteiger charge is -2.24. The second-order valence-corrected chi connectivity index (χ2v) is 9.09. The van der Waals surface area contributed by atoms with Gasteiger partial charge in [-0.15, -0.1) is 12.4 Å². The van der Waals surface area contributed by atoms with E-state index in [2.05, 4.69) is 10.1 Å². The number of amides is 1. The van der Waals surface area contributed by atoms with Crippen molar-refractivity contribution < 1.29 is 31.5 Å². The number of hydrogen-bond acceptors (Lipinski definition) is 6. The molecule has 1 aliphatic rings. The Kier molecular flexibility index (Phi) is 9.50. The lowest BCUT2D eigenvalue weighted by atomic mass is 9.95. The fourth-order valence-electron chi connectivity index (χ4n) is 3.05. The smallest absolute Gasteiger partial charge is 0.387 e. The molecule has 0 radical (unpaired) electrons. The zero-order valence-electron chi connectivity index (χ0n) is 16.3. The van der Waals surface area contributed by atoms with Gasteiger partial charge in [0.15, 0.2) is 0 Å². The fourth-order valence-corrected chi connectivity index (χ4v) is 4.39. The molecule has 0 aromatic heterocycles. The molecule has 1 amide bonds. The SMILES string of the molecule is Cl.O=C(NS(=O)(=O)c1ccc(OC(F)F)cc1)[C@@H]1CNCCO[C@H]1c1ccc(Cl)c(Cl)c1. The van der Waals surface area contributed by atoms with Crippen LogP contribution in [-0.2, 0) is 19.6 Å². The molecule has 1 saturated heterocycles. The number of ether oxygens (including phenoxy) is 2. The number of alkyl halides is 2. The molecule has 0 saturated carbocycles. The number of carbonyl (C=O) groups excluding carboxylic acids is 1. The van der Waals surface area contributed by atoms with Crippen molar-refractivity contribution in [2.45, 2.75) is 17.6 Å². The Balaban J connectivity index is 0.00000363. The zero-order valence-corrected chi connectivity index (χ0v) is 19.4. The molecule has 3 rings (SSSR count). The molecule has 13 heteroatoms. The van der Waals surface area contributed by atoms with Crippen molar-refractivity contribution in [1.82, 2.24) is 10.0 Å². The van der Waals surface area contributed by atoms with Gasteiger partial charge in [0.2, 0.25) is 5.91 Å². The molecule has 176 valence electrons. The van der Waals surface area contributed by atoms with Crippen molar-refractivity contribution in [3.05, 3.63) is 58.1 Å². The van der Waals surface area contributed by atoms with Crippen molar-refractivity contribution in [2.75, 3.05) is 19.7 Å². The van der Waals surface area contributed by atoms with E-state index in [0.29, 0.717) is 23.7 Å². The molecular formula is C19H19Cl3F2N2O5S. The van der Waals surface area contributed by atoms with Gasteiger partial charge in [-0.3, -0.25) is 4.79 Å². The maximum atomic E-state index is 12.9. The van der Waals surface area contributed by atoms with Gasteiger partial charge in [-0.05, 0) is 42.0 Å². The Labute approximate surface area is 199 Å². The summed E-state index contributed by atoms with van der Waals surface area (Å²) in [5, 5.41) is 3.64. The summed E-state index contributed by atoms with van der Waals surface area (Å²) in [5.74, 6) is -1.89. The maximum Gasteiger partial charge on any atom is 0.387 e. The second-order valence-electron chi connectivity index (χ2n) is 6.60. The van der Waals surface area contributed by atoms with Crippen LogP contribution in [-0.4, -0.2) is 40.6 Å². The minimum atomic E-state index is -4.26. The van der Waals surface area contributed by atoms with Crippen LogP contribution in [0.25, 0.3) is 0 Å². The van der Waals surface area contributed by atoms with Gasteiger partial charge < -0.3 is 14.8 Å². The molecule has 2 N–H and O–H groups in total. The number of nitrogens with one attached hydrogen (secondary N) is 2. The lowest BCUT2D eigenvalue weighted by Crippen LogP contribution is -2.41. The van der Waals surface area contributed by atoms with Gasteiger partial charge in [-0.2, -0.15) is 8.78 Å². The van der Waals surface area contributed by atoms with Crippen LogP contribution in [0.3, 0.4) is 0 Å². The number of sulfonamides is 1. The van der Waals surface area contributed by atoms with Gasteiger partial charge in [0, 0.05) is 13.1 Å². The highest BCUT2D eigenvalue weighted by atomic mass is 35.5. The van der Waals surface area contributed by atoms with Crippen LogP contribution in [0.15, 0.2) is 47.4 Å². The Morgan fingerprint density at radius 2 is 1.84 bits per heavy atom. The molecule has 2 aromatic carbocycles. The van der Waals surface area contributed by atoms with Crippen LogP contribution >= 0.6 is 35.6 Å². The number of rotatable bonds is 6. The summed E-state index contributed by atoms with van der Waals surface area (Å²) in [7, 11) is -4.26. The average molecular weight is 532 g/mol. The van der Waals surface area contributed by atoms with E-state index >= 15 is 0 Å². The van der Waals surface area contributed by atoms with Gasteiger partial charge in [0.25, 0.3) is 10.0 Å². The first-order valence-corrected chi connectivity index (χ1v) is 11.3. The van der Waals surface area contributed by atoms with Crippen LogP contribution in [0.2, 0.25) is 10.0 Å². The van der Waals surface area contributed by atoms with Gasteiger partial charge in [-0.1, -0.05) is 29.3 Å². The molecule has 7 nitrogen and oxygen atoms in total. The average Bonchev–Trinajstić information content (AvgIpc) is 2.96. The van der Waals surface area contributed by atoms with E-state index in [0.717, 1.165) is 24.3 Å². The van der Waals surface area contributed by atoms with Crippen molar-refractivity contribution in [2.24, 2.45) is 5.92 Å². The molecule has 0 bridgehead atoms. The number of carbonyl (C=O) groups is 1. The standard InChI is InChI=1S/C19H18Cl2F2N2O5S.ClH/c20-15-6-1-11(9-16(15)21)17-14(10-24-7-8-29-17)18(26)25-31(27,28)13-4-2-12(3-5-13)30-19(22)23;/h1-6,9,14,17,19,24H,7-8,10H2,(H,25,26);1H/t14-,17+;/m1./s1. The summed E-state index contributed by atoms with van der Waals surface area (Å²) in [6.45, 7) is -2.11. The van der Waals surface area contributed by atoms with Crippen molar-refractivity contribution in [3.8, 4) is 5.75 Å². The minimum Gasteiger partial charge on any atom is -0.435 e. The van der Waals surface area contributed by atoms with Crippen LogP contribution in [0.1, 0.15) is 11.7 Å². The highest BCUT2D eigenvalue weighted by Crippen LogP contribution is 2.32. The van der Waals surface area contributed by atoms with Gasteiger partial charge >= 0.3 is 6.61 Å². The highest BCUT2D eigenvalue weighted by Gasteiger charge is 2.34. The van der Waals surface area contributed by atoms with E-state index in [4.69, 9.17) is 27.9 Å². The molecule has 0 aliphatic carbocycles. The van der Waals surface area contributed by atoms with Crippen LogP contribution in [0.5, 0.6) is 5.75 Å². The summed E-state index contributed by atoms with van der Waals surface area (Å²) in [6, 6.07) is 9.05. The van der Waals surface area contributed by atoms with Crippen molar-refractivity contribution in [3.63, 3.8) is 0 Å². The van der Waals surface area contributed by atoms with Crippen molar-refractivity contribution >= 4 is 51.5 Å². The van der Waals surface area contributed by atoms with E-state index < -0.39 is 34.6 Å². The summed E-state index contributed by atoms with van der Waals surface area (Å²) >= 11 is 12.0. The minimum absolute atomic E-state index is 0. The van der Waals surface area contributed by atoms with E-state index in [1.807, 2.05) is 4.72 Å². The first-order chi connectivity index (χ1) is 14.7. The molecule has 2 aromatic rings. The predicted molar refractivity (Wildman–Crippen MR) is 117 cm³/mol. The maximum absolute atomic E-state index is 12.9. The Bertz CT molecular complexity index is 1040. The molecule has 0 unspecified atom stereocenters. The first kappa shape index (κ1) is 26.6. The van der Waals surface area contributed by atoms with Crippen LogP contribution in [0.4, 0.5) is 8.78 Å². The van der Waals surface area contributed by atoms with E-state index in [9.17, 15) is 22.0 Å². The zero-order chi connectivity index (χ0) is 22.6. The molecule has 32 heavy (non-hydrogen) atoms. The topological polar surface area (TPSA) is 93.7 Å². The quantitative estimate of drug-likeness (QED) is 0.589. The highest BCUT2D eigenvalue weighted by molar-refractivity contribution is 7.90. The van der Waals surface area contributed by atoms with Crippen LogP contribution in [0, 0.1) is 5.92 Å². The number of benzene rings is 2. The van der Waals surface area contributed by atoms with E-state index in [-0.39, 0.29) is 34.6 Å². The third kappa shape index (κ3) is 6.66. The van der Waals surface area contributed by atoms with E-state index in [1.165, 1.54) is 0 Å². The fraction of sp³-hybridized carbons (Fsp3) is 0.316. The molecule has 1 aliphatic heterocycles. The van der Waals surface area contributed by atoms with Gasteiger partial charge in [0.05, 0.1) is 33.6 Å². The molecule has 2 atom stereocenters. The Morgan fingerprint density at radius 3 is 2.47 bits per heavy atom.